The van der Waals surface area contributed by atoms with Crippen molar-refractivity contribution in [3.63, 3.8) is 0 Å². The molecule has 2 N–H and O–H groups in total. The Morgan fingerprint density at radius 3 is 2.89 bits per heavy atom. The largest absolute Gasteiger partial charge is 0.511 e. The Kier molecular flexibility index (Phi) is 5.25. The predicted octanol–water partition coefficient (Wildman–Crippen LogP) is -1.21. The Morgan fingerprint density at radius 1 is 1.78 bits per heavy atom. The van der Waals surface area contributed by atoms with E-state index in [1.807, 2.05) is 6.92 Å². The molecule has 0 heterocycles. The summed E-state index contributed by atoms with van der Waals surface area (Å²) in [4.78, 5) is 10.3. The number of carbonyl (C=O) groups excluding carboxylic acids is 1. The van der Waals surface area contributed by atoms with Crippen LogP contribution in [0.4, 0.5) is 0 Å². The van der Waals surface area contributed by atoms with Gasteiger partial charge in [0.05, 0.1) is 6.54 Å². The molecule has 0 atom stereocenters. The van der Waals surface area contributed by atoms with E-state index >= 15 is 0 Å². The van der Waals surface area contributed by atoms with Gasteiger partial charge in [0.2, 0.25) is 0 Å². The van der Waals surface area contributed by atoms with Gasteiger partial charge in [0, 0.05) is 6.61 Å². The van der Waals surface area contributed by atoms with Crippen molar-refractivity contribution in [1.29, 1.82) is 0 Å². The minimum Gasteiger partial charge on any atom is -0.511 e. The first-order chi connectivity index (χ1) is 4.31. The minimum atomic E-state index is -0.441. The van der Waals surface area contributed by atoms with Crippen molar-refractivity contribution in [3.05, 3.63) is 0 Å². The average Bonchev–Trinajstić information content (AvgIpc) is 1.89. The van der Waals surface area contributed by atoms with Crippen LogP contribution in [0.25, 0.3) is 0 Å². The smallest absolute Gasteiger partial charge is 0.508 e. The number of nitrogens with two attached hydrogens (primary N) is 1. The highest BCUT2D eigenvalue weighted by molar-refractivity contribution is 6.22. The second-order valence-electron chi connectivity index (χ2n) is 1.33. The summed E-state index contributed by atoms with van der Waals surface area (Å²) in [6.07, 6.45) is 0. The molecule has 52 valence electrons. The summed E-state index contributed by atoms with van der Waals surface area (Å²) in [6, 6.07) is 0. The Labute approximate surface area is 54.6 Å². The summed E-state index contributed by atoms with van der Waals surface area (Å²) in [5.74, 6) is -0.441. The number of hydrogen-bond acceptors (Lipinski definition) is 4. The third kappa shape index (κ3) is 5.32. The maximum Gasteiger partial charge on any atom is 0.508 e. The maximum absolute atomic E-state index is 10.3. The van der Waals surface area contributed by atoms with Crippen molar-refractivity contribution in [2.45, 2.75) is 6.92 Å². The fraction of sp³-hybridized carbons (Fsp3) is 0.750. The van der Waals surface area contributed by atoms with Crippen LogP contribution in [-0.4, -0.2) is 26.8 Å². The molecule has 0 aliphatic rings. The molecule has 4 nitrogen and oxygen atoms in total. The van der Waals surface area contributed by atoms with Gasteiger partial charge in [-0.2, -0.15) is 0 Å². The van der Waals surface area contributed by atoms with Gasteiger partial charge in [0.1, 0.15) is 0 Å². The molecule has 0 aliphatic carbocycles. The van der Waals surface area contributed by atoms with E-state index in [1.54, 1.807) is 0 Å². The highest BCUT2D eigenvalue weighted by Gasteiger charge is 1.98. The zero-order valence-electron chi connectivity index (χ0n) is 5.42. The molecule has 0 radical (unpaired) electrons. The minimum absolute atomic E-state index is 0.00648. The van der Waals surface area contributed by atoms with Crippen LogP contribution in [0.1, 0.15) is 6.92 Å². The van der Waals surface area contributed by atoms with Gasteiger partial charge in [-0.1, -0.05) is 0 Å². The third-order valence-corrected chi connectivity index (χ3v) is 0.674. The van der Waals surface area contributed by atoms with Crippen LogP contribution in [0.3, 0.4) is 0 Å². The van der Waals surface area contributed by atoms with Crippen LogP contribution in [0, 0.1) is 0 Å². The topological polar surface area (TPSA) is 61.5 Å². The first-order valence-electron chi connectivity index (χ1n) is 2.74. The fourth-order valence-corrected chi connectivity index (χ4v) is 0.250. The summed E-state index contributed by atoms with van der Waals surface area (Å²) in [6.45, 7) is 2.27. The zero-order valence-corrected chi connectivity index (χ0v) is 5.42. The fourth-order valence-electron chi connectivity index (χ4n) is 0.250. The van der Waals surface area contributed by atoms with Crippen molar-refractivity contribution in [2.24, 2.45) is 5.73 Å². The van der Waals surface area contributed by atoms with Crippen molar-refractivity contribution in [1.82, 2.24) is 0 Å². The molecule has 0 aromatic rings. The molecule has 0 spiro atoms. The summed E-state index contributed by atoms with van der Waals surface area (Å²) < 4.78 is 9.15. The van der Waals surface area contributed by atoms with Crippen molar-refractivity contribution >= 4 is 13.7 Å². The lowest BCUT2D eigenvalue weighted by atomic mass is 10.4. The Morgan fingerprint density at radius 2 is 2.44 bits per heavy atom. The molecule has 0 rings (SSSR count). The molecule has 0 aromatic heterocycles. The molecule has 0 saturated carbocycles. The van der Waals surface area contributed by atoms with Crippen molar-refractivity contribution in [2.75, 3.05) is 13.2 Å². The Bertz CT molecular complexity index is 87.9. The highest BCUT2D eigenvalue weighted by Crippen LogP contribution is 1.73. The van der Waals surface area contributed by atoms with Crippen LogP contribution in [-0.2, 0) is 14.1 Å². The molecular weight excluding hydrogens is 121 g/mol. The third-order valence-electron chi connectivity index (χ3n) is 0.674. The molecule has 0 fully saturated rings. The molecule has 9 heavy (non-hydrogen) atoms. The van der Waals surface area contributed by atoms with E-state index in [9.17, 15) is 4.79 Å². The van der Waals surface area contributed by atoms with Crippen molar-refractivity contribution < 1.29 is 14.1 Å². The molecule has 0 saturated heterocycles. The molecule has 5 heteroatoms. The summed E-state index contributed by atoms with van der Waals surface area (Å²) >= 11 is 0. The number of rotatable bonds is 4. The van der Waals surface area contributed by atoms with Crippen LogP contribution in [0.15, 0.2) is 0 Å². The SMILES string of the molecule is CCOBOC(=O)CN. The molecule has 0 aliphatic heterocycles. The highest BCUT2D eigenvalue weighted by atomic mass is 16.6. The Hall–Kier alpha value is -0.545. The van der Waals surface area contributed by atoms with E-state index < -0.39 is 5.97 Å². The number of carbonyl (C=O) groups is 1. The standard InChI is InChI=1S/C4H10BNO3/c1-2-8-5-9-4(7)3-6/h5H,2-3,6H2,1H3. The van der Waals surface area contributed by atoms with Crippen molar-refractivity contribution in [3.8, 4) is 0 Å². The molecule has 0 amide bonds. The first-order valence-corrected chi connectivity index (χ1v) is 2.74. The van der Waals surface area contributed by atoms with Gasteiger partial charge in [-0.25, -0.2) is 0 Å². The van der Waals surface area contributed by atoms with Gasteiger partial charge in [-0.05, 0) is 6.92 Å². The lowest BCUT2D eigenvalue weighted by molar-refractivity contribution is -0.133. The average molecular weight is 131 g/mol. The normalized spacial score (nSPS) is 8.67. The quantitative estimate of drug-likeness (QED) is 0.384. The number of hydrogen-bond donors (Lipinski definition) is 1. The molecular formula is C4H10BNO3. The van der Waals surface area contributed by atoms with Crippen LogP contribution >= 0.6 is 0 Å². The van der Waals surface area contributed by atoms with E-state index in [1.165, 1.54) is 0 Å². The lowest BCUT2D eigenvalue weighted by Gasteiger charge is -1.98. The van der Waals surface area contributed by atoms with E-state index in [4.69, 9.17) is 10.4 Å². The second-order valence-corrected chi connectivity index (χ2v) is 1.33. The van der Waals surface area contributed by atoms with Gasteiger partial charge in [0.15, 0.2) is 0 Å². The van der Waals surface area contributed by atoms with E-state index in [2.05, 4.69) is 4.65 Å². The molecule has 0 bridgehead atoms. The summed E-state index contributed by atoms with van der Waals surface area (Å²) in [5.41, 5.74) is 4.92. The molecule has 0 unspecified atom stereocenters. The summed E-state index contributed by atoms with van der Waals surface area (Å²) in [5, 5.41) is 0. The van der Waals surface area contributed by atoms with E-state index in [0.29, 0.717) is 6.61 Å². The first kappa shape index (κ1) is 8.45. The predicted molar refractivity (Wildman–Crippen MR) is 33.9 cm³/mol. The molecule has 0 aromatic carbocycles. The van der Waals surface area contributed by atoms with E-state index in [0.717, 1.165) is 0 Å². The van der Waals surface area contributed by atoms with Crippen LogP contribution in [0.5, 0.6) is 0 Å². The van der Waals surface area contributed by atoms with Gasteiger partial charge < -0.3 is 15.0 Å². The van der Waals surface area contributed by atoms with Gasteiger partial charge in [-0.3, -0.25) is 4.79 Å². The zero-order chi connectivity index (χ0) is 7.11. The van der Waals surface area contributed by atoms with E-state index in [-0.39, 0.29) is 14.2 Å². The van der Waals surface area contributed by atoms with Crippen LogP contribution in [0.2, 0.25) is 0 Å². The Balaban J connectivity index is 2.97. The second kappa shape index (κ2) is 5.59. The maximum atomic E-state index is 10.3. The lowest BCUT2D eigenvalue weighted by Crippen LogP contribution is -2.20. The van der Waals surface area contributed by atoms with Crippen LogP contribution < -0.4 is 5.73 Å². The van der Waals surface area contributed by atoms with Gasteiger partial charge >= 0.3 is 13.7 Å². The monoisotopic (exact) mass is 131 g/mol. The summed E-state index contributed by atoms with van der Waals surface area (Å²) in [7, 11) is 0.00648. The van der Waals surface area contributed by atoms with Gasteiger partial charge in [0.25, 0.3) is 0 Å². The van der Waals surface area contributed by atoms with Gasteiger partial charge in [-0.15, -0.1) is 0 Å².